The zero-order valence-electron chi connectivity index (χ0n) is 16.7. The smallest absolute Gasteiger partial charge is 0.305 e. The average molecular weight is 451 g/mol. The highest BCUT2D eigenvalue weighted by atomic mass is 32.2. The van der Waals surface area contributed by atoms with E-state index >= 15 is 0 Å². The Balaban J connectivity index is 2.05. The summed E-state index contributed by atoms with van der Waals surface area (Å²) in [5.41, 5.74) is -3.05. The minimum atomic E-state index is -4.84. The average Bonchev–Trinajstić information content (AvgIpc) is 2.86. The van der Waals surface area contributed by atoms with E-state index in [2.05, 4.69) is 0 Å². The van der Waals surface area contributed by atoms with Crippen LogP contribution >= 0.6 is 11.8 Å². The maximum absolute atomic E-state index is 13.8. The molecule has 0 saturated carbocycles. The van der Waals surface area contributed by atoms with Gasteiger partial charge >= 0.3 is 12.2 Å². The Hall–Kier alpha value is -3.06. The lowest BCUT2D eigenvalue weighted by Crippen LogP contribution is -2.43. The molecule has 0 aliphatic carbocycles. The minimum Gasteiger partial charge on any atom is -0.305 e. The van der Waals surface area contributed by atoms with Gasteiger partial charge in [0.1, 0.15) is 11.4 Å². The highest BCUT2D eigenvalue weighted by Crippen LogP contribution is 2.38. The van der Waals surface area contributed by atoms with Gasteiger partial charge in [-0.1, -0.05) is 0 Å². The summed E-state index contributed by atoms with van der Waals surface area (Å²) >= 11 is 1.34. The molecule has 0 spiro atoms. The van der Waals surface area contributed by atoms with Gasteiger partial charge < -0.3 is 4.90 Å². The summed E-state index contributed by atoms with van der Waals surface area (Å²) in [5, 5.41) is 8.96. The quantitative estimate of drug-likeness (QED) is 0.365. The van der Waals surface area contributed by atoms with Crippen molar-refractivity contribution < 1.29 is 27.2 Å². The maximum Gasteiger partial charge on any atom is 0.417 e. The van der Waals surface area contributed by atoms with Crippen LogP contribution in [0.2, 0.25) is 0 Å². The lowest BCUT2D eigenvalue weighted by atomic mass is 10.0. The fourth-order valence-electron chi connectivity index (χ4n) is 3.37. The second-order valence-electron chi connectivity index (χ2n) is 7.36. The van der Waals surface area contributed by atoms with Crippen LogP contribution in [0.15, 0.2) is 41.3 Å². The molecule has 0 unspecified atom stereocenters. The van der Waals surface area contributed by atoms with Crippen LogP contribution < -0.4 is 4.90 Å². The molecule has 1 heterocycles. The molecule has 1 fully saturated rings. The summed E-state index contributed by atoms with van der Waals surface area (Å²) in [6.45, 7) is 2.84. The largest absolute Gasteiger partial charge is 0.417 e. The number of anilines is 1. The molecule has 1 aliphatic rings. The van der Waals surface area contributed by atoms with Crippen LogP contribution in [0.1, 0.15) is 30.5 Å². The number of carbonyl (C=O) groups is 2. The first-order valence-corrected chi connectivity index (χ1v) is 10.2. The van der Waals surface area contributed by atoms with Crippen LogP contribution in [0.5, 0.6) is 0 Å². The van der Waals surface area contributed by atoms with E-state index < -0.39 is 40.6 Å². The zero-order chi connectivity index (χ0) is 23.1. The van der Waals surface area contributed by atoms with Crippen molar-refractivity contribution in [3.63, 3.8) is 0 Å². The number of hydrogen-bond donors (Lipinski definition) is 0. The van der Waals surface area contributed by atoms with E-state index in [4.69, 9.17) is 5.26 Å². The van der Waals surface area contributed by atoms with E-state index in [0.717, 1.165) is 12.1 Å². The molecular weight excluding hydrogens is 434 g/mol. The molecule has 0 atom stereocenters. The van der Waals surface area contributed by atoms with Gasteiger partial charge in [0.2, 0.25) is 0 Å². The summed E-state index contributed by atoms with van der Waals surface area (Å²) in [7, 11) is 0. The van der Waals surface area contributed by atoms with Crippen molar-refractivity contribution in [1.82, 2.24) is 4.90 Å². The minimum absolute atomic E-state index is 0.107. The SMILES string of the molecule is CSc1ccc(F)cc1CN1C(=O)N(c2ccc(C#N)c(C(F)(F)F)c2)C(=O)C1(C)C. The van der Waals surface area contributed by atoms with E-state index in [1.165, 1.54) is 48.7 Å². The van der Waals surface area contributed by atoms with Crippen molar-refractivity contribution in [2.24, 2.45) is 0 Å². The van der Waals surface area contributed by atoms with Gasteiger partial charge in [0.05, 0.1) is 22.9 Å². The van der Waals surface area contributed by atoms with Crippen LogP contribution in [0, 0.1) is 17.1 Å². The third-order valence-corrected chi connectivity index (χ3v) is 5.92. The van der Waals surface area contributed by atoms with E-state index in [1.54, 1.807) is 12.3 Å². The first-order valence-electron chi connectivity index (χ1n) is 9.01. The number of rotatable bonds is 4. The lowest BCUT2D eigenvalue weighted by Gasteiger charge is -2.28. The number of thioether (sulfide) groups is 1. The molecule has 0 radical (unpaired) electrons. The summed E-state index contributed by atoms with van der Waals surface area (Å²) in [6.07, 6.45) is -3.06. The fourth-order valence-corrected chi connectivity index (χ4v) is 3.96. The molecule has 2 aromatic carbocycles. The van der Waals surface area contributed by atoms with Crippen molar-refractivity contribution >= 4 is 29.4 Å². The molecule has 1 aliphatic heterocycles. The van der Waals surface area contributed by atoms with Crippen LogP contribution in [-0.2, 0) is 17.5 Å². The van der Waals surface area contributed by atoms with Gasteiger partial charge in [-0.3, -0.25) is 4.79 Å². The Morgan fingerprint density at radius 3 is 2.39 bits per heavy atom. The molecule has 3 amide bonds. The first-order chi connectivity index (χ1) is 14.4. The highest BCUT2D eigenvalue weighted by molar-refractivity contribution is 7.98. The number of nitriles is 1. The van der Waals surface area contributed by atoms with Gasteiger partial charge in [-0.05, 0) is 62.1 Å². The number of nitrogens with zero attached hydrogens (tertiary/aromatic N) is 3. The number of amides is 3. The topological polar surface area (TPSA) is 64.4 Å². The number of benzene rings is 2. The highest BCUT2D eigenvalue weighted by Gasteiger charge is 2.52. The van der Waals surface area contributed by atoms with Crippen LogP contribution in [-0.4, -0.2) is 28.6 Å². The van der Waals surface area contributed by atoms with Gasteiger partial charge in [-0.2, -0.15) is 18.4 Å². The van der Waals surface area contributed by atoms with E-state index in [0.29, 0.717) is 21.4 Å². The Bertz CT molecular complexity index is 1110. The standard InChI is InChI=1S/C21H17F4N3O2S/c1-20(2)18(29)28(15-6-4-12(10-26)16(9-15)21(23,24)25)19(30)27(20)11-13-8-14(22)5-7-17(13)31-3/h4-9H,11H2,1-3H3. The van der Waals surface area contributed by atoms with Crippen LogP contribution in [0.25, 0.3) is 0 Å². The van der Waals surface area contributed by atoms with Crippen molar-refractivity contribution in [3.8, 4) is 6.07 Å². The molecule has 31 heavy (non-hydrogen) atoms. The fraction of sp³-hybridized carbons (Fsp3) is 0.286. The number of carbonyl (C=O) groups excluding carboxylic acids is 2. The van der Waals surface area contributed by atoms with Gasteiger partial charge in [-0.15, -0.1) is 11.8 Å². The van der Waals surface area contributed by atoms with Crippen molar-refractivity contribution in [1.29, 1.82) is 5.26 Å². The predicted molar refractivity (Wildman–Crippen MR) is 107 cm³/mol. The zero-order valence-corrected chi connectivity index (χ0v) is 17.6. The number of imide groups is 1. The molecular formula is C21H17F4N3O2S. The Morgan fingerprint density at radius 1 is 1.13 bits per heavy atom. The number of alkyl halides is 3. The molecule has 1 saturated heterocycles. The number of urea groups is 1. The Morgan fingerprint density at radius 2 is 1.81 bits per heavy atom. The molecule has 0 aromatic heterocycles. The molecule has 10 heteroatoms. The third kappa shape index (κ3) is 3.97. The van der Waals surface area contributed by atoms with Crippen molar-refractivity contribution in [2.75, 3.05) is 11.2 Å². The van der Waals surface area contributed by atoms with Crippen LogP contribution in [0.4, 0.5) is 28.0 Å². The number of halogens is 4. The molecule has 3 rings (SSSR count). The van der Waals surface area contributed by atoms with E-state index in [9.17, 15) is 27.2 Å². The Kier molecular flexibility index (Phi) is 5.76. The van der Waals surface area contributed by atoms with Gasteiger partial charge in [0.25, 0.3) is 5.91 Å². The number of hydrogen-bond acceptors (Lipinski definition) is 4. The van der Waals surface area contributed by atoms with Gasteiger partial charge in [0, 0.05) is 11.4 Å². The van der Waals surface area contributed by atoms with Crippen LogP contribution in [0.3, 0.4) is 0 Å². The molecule has 162 valence electrons. The normalized spacial score (nSPS) is 16.1. The van der Waals surface area contributed by atoms with Crippen molar-refractivity contribution in [2.45, 2.75) is 37.0 Å². The summed E-state index contributed by atoms with van der Waals surface area (Å²) in [4.78, 5) is 28.7. The summed E-state index contributed by atoms with van der Waals surface area (Å²) < 4.78 is 53.8. The van der Waals surface area contributed by atoms with E-state index in [1.807, 2.05) is 0 Å². The monoisotopic (exact) mass is 451 g/mol. The second kappa shape index (κ2) is 7.89. The molecule has 0 N–H and O–H groups in total. The molecule has 0 bridgehead atoms. The predicted octanol–water partition coefficient (Wildman–Crippen LogP) is 5.19. The summed E-state index contributed by atoms with van der Waals surface area (Å²) in [5.74, 6) is -1.24. The molecule has 2 aromatic rings. The van der Waals surface area contributed by atoms with Gasteiger partial charge in [-0.25, -0.2) is 14.1 Å². The van der Waals surface area contributed by atoms with Crippen molar-refractivity contribution in [3.05, 3.63) is 58.9 Å². The van der Waals surface area contributed by atoms with E-state index in [-0.39, 0.29) is 12.2 Å². The maximum atomic E-state index is 13.8. The summed E-state index contributed by atoms with van der Waals surface area (Å²) in [6, 6.07) is 7.38. The van der Waals surface area contributed by atoms with Gasteiger partial charge in [0.15, 0.2) is 0 Å². The lowest BCUT2D eigenvalue weighted by molar-refractivity contribution is -0.137. The second-order valence-corrected chi connectivity index (χ2v) is 8.21. The Labute approximate surface area is 180 Å². The molecule has 5 nitrogen and oxygen atoms in total. The third-order valence-electron chi connectivity index (χ3n) is 5.08. The first kappa shape index (κ1) is 22.6.